The summed E-state index contributed by atoms with van der Waals surface area (Å²) in [5, 5.41) is 4.84. The second-order valence-corrected chi connectivity index (χ2v) is 9.03. The van der Waals surface area contributed by atoms with Crippen LogP contribution in [0.2, 0.25) is 0 Å². The van der Waals surface area contributed by atoms with Gasteiger partial charge in [0.25, 0.3) is 5.91 Å². The van der Waals surface area contributed by atoms with Crippen LogP contribution in [-0.4, -0.2) is 56.1 Å². The van der Waals surface area contributed by atoms with Crippen molar-refractivity contribution in [3.8, 4) is 0 Å². The maximum Gasteiger partial charge on any atom is 0.273 e. The number of aryl methyl sites for hydroxylation is 2. The van der Waals surface area contributed by atoms with E-state index < -0.39 is 0 Å². The van der Waals surface area contributed by atoms with Crippen molar-refractivity contribution >= 4 is 17.4 Å². The highest BCUT2D eigenvalue weighted by atomic mass is 16.2. The van der Waals surface area contributed by atoms with E-state index >= 15 is 0 Å². The molecule has 2 saturated heterocycles. The van der Waals surface area contributed by atoms with Crippen LogP contribution < -0.4 is 10.6 Å². The normalized spacial score (nSPS) is 21.5. The molecule has 5 rings (SSSR count). The van der Waals surface area contributed by atoms with Crippen LogP contribution in [0.15, 0.2) is 30.6 Å². The highest BCUT2D eigenvalue weighted by Gasteiger charge is 2.31. The molecule has 3 aromatic rings. The minimum atomic E-state index is -0.0611. The van der Waals surface area contributed by atoms with E-state index in [1.54, 1.807) is 6.20 Å². The Kier molecular flexibility index (Phi) is 5.55. The van der Waals surface area contributed by atoms with Crippen molar-refractivity contribution in [3.63, 3.8) is 0 Å². The summed E-state index contributed by atoms with van der Waals surface area (Å²) in [6, 6.07) is 6.05. The zero-order valence-electron chi connectivity index (χ0n) is 18.9. The number of amides is 1. The molecule has 0 bridgehead atoms. The molecule has 8 heteroatoms. The first kappa shape index (κ1) is 20.9. The summed E-state index contributed by atoms with van der Waals surface area (Å²) in [5.41, 5.74) is 10.5. The van der Waals surface area contributed by atoms with Gasteiger partial charge in [0.15, 0.2) is 5.65 Å². The fraction of sp³-hybridized carbons (Fsp3) is 0.500. The monoisotopic (exact) mass is 433 g/mol. The molecule has 0 radical (unpaired) electrons. The lowest BCUT2D eigenvalue weighted by atomic mass is 9.98. The quantitative estimate of drug-likeness (QED) is 0.680. The van der Waals surface area contributed by atoms with Crippen LogP contribution in [0.3, 0.4) is 0 Å². The molecule has 1 amide bonds. The van der Waals surface area contributed by atoms with E-state index in [9.17, 15) is 4.79 Å². The first-order chi connectivity index (χ1) is 15.5. The molecular formula is C24H31N7O. The number of carbonyl (C=O) groups is 1. The summed E-state index contributed by atoms with van der Waals surface area (Å²) in [4.78, 5) is 26.9. The Morgan fingerprint density at radius 2 is 2.09 bits per heavy atom. The average molecular weight is 434 g/mol. The average Bonchev–Trinajstić information content (AvgIpc) is 3.43. The Hall–Kier alpha value is -3.00. The molecule has 0 spiro atoms. The number of nitrogens with two attached hydrogens (primary N) is 1. The van der Waals surface area contributed by atoms with Crippen LogP contribution in [0, 0.1) is 6.92 Å². The van der Waals surface area contributed by atoms with Crippen LogP contribution in [0.5, 0.6) is 0 Å². The highest BCUT2D eigenvalue weighted by molar-refractivity contribution is 5.92. The second kappa shape index (κ2) is 8.50. The zero-order chi connectivity index (χ0) is 22.2. The maximum atomic E-state index is 13.4. The molecule has 0 aliphatic carbocycles. The lowest BCUT2D eigenvalue weighted by Crippen LogP contribution is -2.39. The summed E-state index contributed by atoms with van der Waals surface area (Å²) < 4.78 is 1.84. The maximum absolute atomic E-state index is 13.4. The predicted molar refractivity (Wildman–Crippen MR) is 124 cm³/mol. The number of nitrogens with zero attached hydrogens (tertiary/aromatic N) is 6. The van der Waals surface area contributed by atoms with E-state index in [-0.39, 0.29) is 18.0 Å². The van der Waals surface area contributed by atoms with Crippen molar-refractivity contribution in [3.05, 3.63) is 53.1 Å². The lowest BCUT2D eigenvalue weighted by Gasteiger charge is -2.34. The van der Waals surface area contributed by atoms with Crippen LogP contribution in [0.4, 0.5) is 5.82 Å². The number of carbonyl (C=O) groups excluding carboxylic acids is 1. The van der Waals surface area contributed by atoms with Crippen molar-refractivity contribution < 1.29 is 4.79 Å². The number of fused-ring (bicyclic) bond motifs is 1. The van der Waals surface area contributed by atoms with E-state index in [1.807, 2.05) is 33.8 Å². The number of hydrogen-bond donors (Lipinski definition) is 1. The summed E-state index contributed by atoms with van der Waals surface area (Å²) in [6.07, 6.45) is 8.61. The summed E-state index contributed by atoms with van der Waals surface area (Å²) in [6.45, 7) is 6.64. The number of anilines is 1. The number of aromatic nitrogens is 4. The molecule has 2 atom stereocenters. The van der Waals surface area contributed by atoms with E-state index in [2.05, 4.69) is 23.7 Å². The molecule has 0 saturated carbocycles. The first-order valence-electron chi connectivity index (χ1n) is 11.7. The third-order valence-electron chi connectivity index (χ3n) is 6.71. The van der Waals surface area contributed by atoms with E-state index in [1.165, 1.54) is 0 Å². The van der Waals surface area contributed by atoms with Gasteiger partial charge in [0.1, 0.15) is 11.5 Å². The number of hydrogen-bond acceptors (Lipinski definition) is 6. The SMILES string of the molecule is CCc1ccnc(C(=O)N2CCCC[C@H]2c2cc3nc(N4CC[C@H](N)C4)c(C)cn3n2)c1. The van der Waals surface area contributed by atoms with E-state index in [0.717, 1.165) is 80.0 Å². The van der Waals surface area contributed by atoms with Gasteiger partial charge in [-0.3, -0.25) is 9.78 Å². The van der Waals surface area contributed by atoms with Gasteiger partial charge in [-0.25, -0.2) is 9.50 Å². The predicted octanol–water partition coefficient (Wildman–Crippen LogP) is 2.90. The Bertz CT molecular complexity index is 1140. The summed E-state index contributed by atoms with van der Waals surface area (Å²) in [7, 11) is 0. The van der Waals surface area contributed by atoms with Gasteiger partial charge in [-0.15, -0.1) is 0 Å². The van der Waals surface area contributed by atoms with Gasteiger partial charge in [0.2, 0.25) is 0 Å². The molecule has 168 valence electrons. The van der Waals surface area contributed by atoms with E-state index in [0.29, 0.717) is 5.69 Å². The van der Waals surface area contributed by atoms with Gasteiger partial charge in [-0.05, 0) is 56.7 Å². The fourth-order valence-corrected chi connectivity index (χ4v) is 4.92. The first-order valence-corrected chi connectivity index (χ1v) is 11.7. The number of likely N-dealkylation sites (tertiary alicyclic amines) is 1. The van der Waals surface area contributed by atoms with Gasteiger partial charge < -0.3 is 15.5 Å². The molecule has 2 aliphatic heterocycles. The highest BCUT2D eigenvalue weighted by Crippen LogP contribution is 2.32. The third-order valence-corrected chi connectivity index (χ3v) is 6.71. The smallest absolute Gasteiger partial charge is 0.273 e. The van der Waals surface area contributed by atoms with E-state index in [4.69, 9.17) is 15.8 Å². The molecule has 2 fully saturated rings. The van der Waals surface area contributed by atoms with Crippen molar-refractivity contribution in [2.75, 3.05) is 24.5 Å². The number of rotatable bonds is 4. The molecule has 8 nitrogen and oxygen atoms in total. The molecule has 32 heavy (non-hydrogen) atoms. The fourth-order valence-electron chi connectivity index (χ4n) is 4.92. The van der Waals surface area contributed by atoms with Gasteiger partial charge in [-0.1, -0.05) is 6.92 Å². The van der Waals surface area contributed by atoms with Crippen molar-refractivity contribution in [2.45, 2.75) is 58.0 Å². The van der Waals surface area contributed by atoms with Crippen LogP contribution >= 0.6 is 0 Å². The molecule has 2 aliphatic rings. The largest absolute Gasteiger partial charge is 0.355 e. The minimum absolute atomic E-state index is 0.0158. The Morgan fingerprint density at radius 3 is 2.88 bits per heavy atom. The topological polar surface area (TPSA) is 92.7 Å². The van der Waals surface area contributed by atoms with Crippen molar-refractivity contribution in [2.24, 2.45) is 5.73 Å². The molecule has 2 N–H and O–H groups in total. The number of piperidine rings is 1. The van der Waals surface area contributed by atoms with Gasteiger partial charge in [0.05, 0.1) is 11.7 Å². The Morgan fingerprint density at radius 1 is 1.22 bits per heavy atom. The summed E-state index contributed by atoms with van der Waals surface area (Å²) in [5.74, 6) is 0.965. The zero-order valence-corrected chi connectivity index (χ0v) is 18.9. The Labute approximate surface area is 188 Å². The standard InChI is InChI=1S/C24H31N7O/c1-3-17-7-9-26-20(12-17)24(32)30-10-5-4-6-21(30)19-13-22-27-23(16(2)14-31(22)28-19)29-11-8-18(25)15-29/h7,9,12-14,18,21H,3-6,8,10-11,15,25H2,1-2H3/t18-,21-/m0/s1. The van der Waals surface area contributed by atoms with Gasteiger partial charge in [0, 0.05) is 49.7 Å². The molecule has 0 aromatic carbocycles. The minimum Gasteiger partial charge on any atom is -0.355 e. The molecular weight excluding hydrogens is 402 g/mol. The summed E-state index contributed by atoms with van der Waals surface area (Å²) >= 11 is 0. The van der Waals surface area contributed by atoms with Crippen LogP contribution in [0.25, 0.3) is 5.65 Å². The van der Waals surface area contributed by atoms with Crippen molar-refractivity contribution in [1.29, 1.82) is 0 Å². The Balaban J connectivity index is 1.46. The van der Waals surface area contributed by atoms with Crippen LogP contribution in [-0.2, 0) is 6.42 Å². The third kappa shape index (κ3) is 3.83. The van der Waals surface area contributed by atoms with Crippen LogP contribution in [0.1, 0.15) is 66.0 Å². The van der Waals surface area contributed by atoms with Crippen molar-refractivity contribution in [1.82, 2.24) is 24.5 Å². The number of pyridine rings is 1. The van der Waals surface area contributed by atoms with Gasteiger partial charge >= 0.3 is 0 Å². The molecule has 0 unspecified atom stereocenters. The van der Waals surface area contributed by atoms with Gasteiger partial charge in [-0.2, -0.15) is 5.10 Å². The molecule has 5 heterocycles. The molecule has 3 aromatic heterocycles. The second-order valence-electron chi connectivity index (χ2n) is 9.03. The lowest BCUT2D eigenvalue weighted by molar-refractivity contribution is 0.0599.